The van der Waals surface area contributed by atoms with Crippen molar-refractivity contribution < 1.29 is 13.2 Å². The molecule has 1 aromatic carbocycles. The van der Waals surface area contributed by atoms with Crippen molar-refractivity contribution in [2.24, 2.45) is 5.73 Å². The predicted octanol–water partition coefficient (Wildman–Crippen LogP) is 3.72. The highest BCUT2D eigenvalue weighted by atomic mass is 79.9. The summed E-state index contributed by atoms with van der Waals surface area (Å²) in [5, 5.41) is 0. The Morgan fingerprint density at radius 2 is 1.95 bits per heavy atom. The molecule has 0 radical (unpaired) electrons. The second-order valence-corrected chi connectivity index (χ2v) is 5.25. The maximum atomic E-state index is 12.3. The lowest BCUT2D eigenvalue weighted by atomic mass is 10.0. The Morgan fingerprint density at radius 3 is 2.47 bits per heavy atom. The molecule has 2 N–H and O–H groups in total. The Bertz CT molecular complexity index is 396. The Hall–Kier alpha value is -0.590. The lowest BCUT2D eigenvalue weighted by Crippen LogP contribution is -2.35. The zero-order valence-electron chi connectivity index (χ0n) is 10.8. The van der Waals surface area contributed by atoms with Gasteiger partial charge in [-0.1, -0.05) is 41.1 Å². The third-order valence-electron chi connectivity index (χ3n) is 2.91. The average Bonchev–Trinajstić information content (AvgIpc) is 2.33. The van der Waals surface area contributed by atoms with E-state index in [2.05, 4.69) is 15.9 Å². The standard InChI is InChI=1S/C13H18BrF3N2/c1-2-19(9-13(15,16)17)8-7-12(18)10-5-3-4-6-11(10)14/h3-6,12H,2,7-9,18H2,1H3. The SMILES string of the molecule is CCN(CCC(N)c1ccccc1Br)CC(F)(F)F. The second kappa shape index (κ2) is 7.26. The van der Waals surface area contributed by atoms with Crippen LogP contribution in [0.2, 0.25) is 0 Å². The van der Waals surface area contributed by atoms with Gasteiger partial charge in [0.15, 0.2) is 0 Å². The van der Waals surface area contributed by atoms with Crippen LogP contribution in [0.25, 0.3) is 0 Å². The molecule has 19 heavy (non-hydrogen) atoms. The highest BCUT2D eigenvalue weighted by Gasteiger charge is 2.30. The quantitative estimate of drug-likeness (QED) is 0.856. The summed E-state index contributed by atoms with van der Waals surface area (Å²) in [6.07, 6.45) is -3.67. The van der Waals surface area contributed by atoms with Crippen LogP contribution in [-0.4, -0.2) is 30.7 Å². The van der Waals surface area contributed by atoms with Gasteiger partial charge in [-0.3, -0.25) is 4.90 Å². The average molecular weight is 339 g/mol. The van der Waals surface area contributed by atoms with Crippen LogP contribution in [0.4, 0.5) is 13.2 Å². The van der Waals surface area contributed by atoms with E-state index in [1.165, 1.54) is 4.90 Å². The molecule has 1 atom stereocenters. The molecular weight excluding hydrogens is 321 g/mol. The van der Waals surface area contributed by atoms with Crippen LogP contribution in [0.5, 0.6) is 0 Å². The first-order chi connectivity index (χ1) is 8.83. The number of halogens is 4. The molecular formula is C13H18BrF3N2. The number of alkyl halides is 3. The maximum absolute atomic E-state index is 12.3. The lowest BCUT2D eigenvalue weighted by molar-refractivity contribution is -0.145. The van der Waals surface area contributed by atoms with Gasteiger partial charge in [0, 0.05) is 17.1 Å². The number of benzene rings is 1. The maximum Gasteiger partial charge on any atom is 0.401 e. The zero-order valence-corrected chi connectivity index (χ0v) is 12.3. The van der Waals surface area contributed by atoms with Crippen molar-refractivity contribution >= 4 is 15.9 Å². The molecule has 0 fully saturated rings. The molecule has 2 nitrogen and oxygen atoms in total. The van der Waals surface area contributed by atoms with E-state index in [0.29, 0.717) is 19.5 Å². The molecule has 0 bridgehead atoms. The fourth-order valence-electron chi connectivity index (χ4n) is 1.86. The normalized spacial score (nSPS) is 13.8. The first-order valence-electron chi connectivity index (χ1n) is 6.12. The van der Waals surface area contributed by atoms with Crippen LogP contribution >= 0.6 is 15.9 Å². The molecule has 0 aliphatic heterocycles. The number of nitrogens with zero attached hydrogens (tertiary/aromatic N) is 1. The van der Waals surface area contributed by atoms with Gasteiger partial charge in [-0.05, 0) is 24.6 Å². The first-order valence-corrected chi connectivity index (χ1v) is 6.92. The molecule has 0 heterocycles. The molecule has 0 saturated carbocycles. The van der Waals surface area contributed by atoms with Crippen LogP contribution in [-0.2, 0) is 0 Å². The summed E-state index contributed by atoms with van der Waals surface area (Å²) in [6.45, 7) is 1.53. The monoisotopic (exact) mass is 338 g/mol. The van der Waals surface area contributed by atoms with E-state index in [-0.39, 0.29) is 6.04 Å². The Balaban J connectivity index is 2.53. The summed E-state index contributed by atoms with van der Waals surface area (Å²) in [5.74, 6) is 0. The summed E-state index contributed by atoms with van der Waals surface area (Å²) in [6, 6.07) is 7.24. The predicted molar refractivity (Wildman–Crippen MR) is 73.9 cm³/mol. The lowest BCUT2D eigenvalue weighted by Gasteiger charge is -2.23. The van der Waals surface area contributed by atoms with Crippen molar-refractivity contribution in [1.82, 2.24) is 4.90 Å². The number of rotatable bonds is 6. The Labute approximate surface area is 119 Å². The zero-order chi connectivity index (χ0) is 14.5. The van der Waals surface area contributed by atoms with Gasteiger partial charge in [0.25, 0.3) is 0 Å². The Morgan fingerprint density at radius 1 is 1.32 bits per heavy atom. The van der Waals surface area contributed by atoms with E-state index >= 15 is 0 Å². The minimum Gasteiger partial charge on any atom is -0.324 e. The molecule has 1 aromatic rings. The van der Waals surface area contributed by atoms with E-state index in [9.17, 15) is 13.2 Å². The summed E-state index contributed by atoms with van der Waals surface area (Å²) < 4.78 is 37.9. The number of hydrogen-bond donors (Lipinski definition) is 1. The van der Waals surface area contributed by atoms with Crippen molar-refractivity contribution in [3.8, 4) is 0 Å². The second-order valence-electron chi connectivity index (χ2n) is 4.40. The smallest absolute Gasteiger partial charge is 0.324 e. The molecule has 0 spiro atoms. The largest absolute Gasteiger partial charge is 0.401 e. The van der Waals surface area contributed by atoms with Gasteiger partial charge in [-0.15, -0.1) is 0 Å². The molecule has 0 aliphatic carbocycles. The first kappa shape index (κ1) is 16.5. The highest BCUT2D eigenvalue weighted by Crippen LogP contribution is 2.24. The fraction of sp³-hybridized carbons (Fsp3) is 0.538. The molecule has 1 unspecified atom stereocenters. The highest BCUT2D eigenvalue weighted by molar-refractivity contribution is 9.10. The van der Waals surface area contributed by atoms with Crippen molar-refractivity contribution in [3.05, 3.63) is 34.3 Å². The van der Waals surface area contributed by atoms with E-state index in [4.69, 9.17) is 5.73 Å². The molecule has 0 saturated heterocycles. The van der Waals surface area contributed by atoms with Crippen molar-refractivity contribution in [2.45, 2.75) is 25.6 Å². The van der Waals surface area contributed by atoms with Gasteiger partial charge in [-0.25, -0.2) is 0 Å². The van der Waals surface area contributed by atoms with Crippen LogP contribution < -0.4 is 5.73 Å². The molecule has 108 valence electrons. The summed E-state index contributed by atoms with van der Waals surface area (Å²) in [5.41, 5.74) is 6.95. The third-order valence-corrected chi connectivity index (χ3v) is 3.63. The minimum atomic E-state index is -4.16. The third kappa shape index (κ3) is 5.93. The van der Waals surface area contributed by atoms with Crippen LogP contribution in [0.15, 0.2) is 28.7 Å². The van der Waals surface area contributed by atoms with E-state index in [1.54, 1.807) is 6.92 Å². The van der Waals surface area contributed by atoms with Gasteiger partial charge in [-0.2, -0.15) is 13.2 Å². The van der Waals surface area contributed by atoms with Gasteiger partial charge in [0.1, 0.15) is 0 Å². The molecule has 0 amide bonds. The summed E-state index contributed by atoms with van der Waals surface area (Å²) in [7, 11) is 0. The van der Waals surface area contributed by atoms with E-state index in [1.807, 2.05) is 24.3 Å². The van der Waals surface area contributed by atoms with Crippen molar-refractivity contribution in [2.75, 3.05) is 19.6 Å². The molecule has 0 aliphatic rings. The number of hydrogen-bond acceptors (Lipinski definition) is 2. The summed E-state index contributed by atoms with van der Waals surface area (Å²) >= 11 is 3.40. The number of nitrogens with two attached hydrogens (primary N) is 1. The van der Waals surface area contributed by atoms with Crippen molar-refractivity contribution in [1.29, 1.82) is 0 Å². The van der Waals surface area contributed by atoms with E-state index in [0.717, 1.165) is 10.0 Å². The van der Waals surface area contributed by atoms with E-state index < -0.39 is 12.7 Å². The van der Waals surface area contributed by atoms with Crippen molar-refractivity contribution in [3.63, 3.8) is 0 Å². The molecule has 0 aromatic heterocycles. The van der Waals surface area contributed by atoms with Crippen LogP contribution in [0, 0.1) is 0 Å². The topological polar surface area (TPSA) is 29.3 Å². The van der Waals surface area contributed by atoms with Crippen LogP contribution in [0.3, 0.4) is 0 Å². The minimum absolute atomic E-state index is 0.266. The Kier molecular flexibility index (Phi) is 6.29. The summed E-state index contributed by atoms with van der Waals surface area (Å²) in [4.78, 5) is 1.36. The van der Waals surface area contributed by atoms with Gasteiger partial charge in [0.2, 0.25) is 0 Å². The molecule has 1 rings (SSSR count). The van der Waals surface area contributed by atoms with Gasteiger partial charge < -0.3 is 5.73 Å². The fourth-order valence-corrected chi connectivity index (χ4v) is 2.43. The van der Waals surface area contributed by atoms with Crippen LogP contribution in [0.1, 0.15) is 24.9 Å². The van der Waals surface area contributed by atoms with Gasteiger partial charge in [0.05, 0.1) is 6.54 Å². The molecule has 6 heteroatoms. The van der Waals surface area contributed by atoms with Gasteiger partial charge >= 0.3 is 6.18 Å².